The van der Waals surface area contributed by atoms with E-state index in [4.69, 9.17) is 0 Å². The summed E-state index contributed by atoms with van der Waals surface area (Å²) >= 11 is 1.21. The fraction of sp³-hybridized carbons (Fsp3) is 0.143. The van der Waals surface area contributed by atoms with Crippen LogP contribution < -0.4 is 5.32 Å². The predicted octanol–water partition coefficient (Wildman–Crippen LogP) is 3.51. The fourth-order valence-electron chi connectivity index (χ4n) is 1.56. The highest BCUT2D eigenvalue weighted by molar-refractivity contribution is 7.16. The normalized spacial score (nSPS) is 10.1. The topological polar surface area (TPSA) is 46.2 Å². The highest BCUT2D eigenvalue weighted by atomic mass is 32.1. The Morgan fingerprint density at radius 3 is 2.44 bits per heavy atom. The lowest BCUT2D eigenvalue weighted by molar-refractivity contribution is 0.101. The van der Waals surface area contributed by atoms with Crippen LogP contribution in [-0.4, -0.2) is 11.7 Å². The number of rotatable bonds is 3. The van der Waals surface area contributed by atoms with Crippen molar-refractivity contribution >= 4 is 28.7 Å². The second-order valence-corrected chi connectivity index (χ2v) is 5.13. The molecule has 0 aliphatic rings. The van der Waals surface area contributed by atoms with Crippen molar-refractivity contribution in [2.75, 3.05) is 5.32 Å². The average Bonchev–Trinajstić information content (AvgIpc) is 2.78. The van der Waals surface area contributed by atoms with E-state index in [-0.39, 0.29) is 11.7 Å². The van der Waals surface area contributed by atoms with E-state index in [1.807, 2.05) is 31.2 Å². The Kier molecular flexibility index (Phi) is 3.58. The molecular weight excluding hydrogens is 246 g/mol. The van der Waals surface area contributed by atoms with Crippen molar-refractivity contribution < 1.29 is 9.59 Å². The van der Waals surface area contributed by atoms with E-state index < -0.39 is 0 Å². The third kappa shape index (κ3) is 2.84. The van der Waals surface area contributed by atoms with Crippen LogP contribution in [0.5, 0.6) is 0 Å². The largest absolute Gasteiger partial charge is 0.321 e. The first-order valence-electron chi connectivity index (χ1n) is 5.55. The van der Waals surface area contributed by atoms with E-state index in [0.29, 0.717) is 9.75 Å². The van der Waals surface area contributed by atoms with Crippen molar-refractivity contribution in [3.8, 4) is 0 Å². The molecule has 0 atom stereocenters. The summed E-state index contributed by atoms with van der Waals surface area (Å²) in [5, 5.41) is 2.81. The lowest BCUT2D eigenvalue weighted by atomic mass is 10.2. The van der Waals surface area contributed by atoms with Crippen molar-refractivity contribution in [2.24, 2.45) is 0 Å². The summed E-state index contributed by atoms with van der Waals surface area (Å²) in [6.07, 6.45) is 0. The molecule has 0 radical (unpaired) electrons. The molecule has 2 aromatic rings. The van der Waals surface area contributed by atoms with Gasteiger partial charge in [0.25, 0.3) is 5.91 Å². The molecule has 1 aromatic heterocycles. The number of thiophene rings is 1. The number of benzene rings is 1. The van der Waals surface area contributed by atoms with E-state index in [1.54, 1.807) is 12.1 Å². The van der Waals surface area contributed by atoms with Crippen LogP contribution in [0.1, 0.15) is 31.8 Å². The van der Waals surface area contributed by atoms with Gasteiger partial charge in [0.2, 0.25) is 0 Å². The van der Waals surface area contributed by atoms with Gasteiger partial charge in [0.1, 0.15) is 0 Å². The number of carbonyl (C=O) groups excluding carboxylic acids is 2. The SMILES string of the molecule is CC(=O)c1ccc(C(=O)Nc2cccc(C)c2)s1. The highest BCUT2D eigenvalue weighted by Crippen LogP contribution is 2.19. The third-order valence-corrected chi connectivity index (χ3v) is 3.64. The minimum Gasteiger partial charge on any atom is -0.321 e. The molecule has 1 amide bonds. The smallest absolute Gasteiger partial charge is 0.265 e. The molecule has 4 heteroatoms. The maximum absolute atomic E-state index is 11.9. The van der Waals surface area contributed by atoms with Gasteiger partial charge in [-0.3, -0.25) is 9.59 Å². The van der Waals surface area contributed by atoms with Crippen LogP contribution in [0.3, 0.4) is 0 Å². The Morgan fingerprint density at radius 2 is 1.83 bits per heavy atom. The number of hydrogen-bond donors (Lipinski definition) is 1. The zero-order chi connectivity index (χ0) is 13.1. The molecule has 1 aromatic carbocycles. The molecular formula is C14H13NO2S. The zero-order valence-electron chi connectivity index (χ0n) is 10.2. The Balaban J connectivity index is 2.14. The molecule has 0 fully saturated rings. The molecule has 1 heterocycles. The average molecular weight is 259 g/mol. The van der Waals surface area contributed by atoms with Crippen LogP contribution >= 0.6 is 11.3 Å². The van der Waals surface area contributed by atoms with Crippen LogP contribution in [0.4, 0.5) is 5.69 Å². The second kappa shape index (κ2) is 5.14. The van der Waals surface area contributed by atoms with Gasteiger partial charge in [-0.1, -0.05) is 12.1 Å². The molecule has 0 saturated heterocycles. The monoisotopic (exact) mass is 259 g/mol. The number of nitrogens with one attached hydrogen (secondary N) is 1. The molecule has 0 spiro atoms. The minimum absolute atomic E-state index is 0.0189. The van der Waals surface area contributed by atoms with Gasteiger partial charge in [0.05, 0.1) is 9.75 Å². The van der Waals surface area contributed by atoms with E-state index in [9.17, 15) is 9.59 Å². The van der Waals surface area contributed by atoms with Crippen molar-refractivity contribution in [1.29, 1.82) is 0 Å². The van der Waals surface area contributed by atoms with Crippen LogP contribution in [0.2, 0.25) is 0 Å². The number of anilines is 1. The molecule has 0 unspecified atom stereocenters. The lowest BCUT2D eigenvalue weighted by Crippen LogP contribution is -2.09. The minimum atomic E-state index is -0.182. The van der Waals surface area contributed by atoms with Gasteiger partial charge < -0.3 is 5.32 Å². The van der Waals surface area contributed by atoms with E-state index in [0.717, 1.165) is 11.3 Å². The van der Waals surface area contributed by atoms with Gasteiger partial charge in [-0.2, -0.15) is 0 Å². The molecule has 0 bridgehead atoms. The Labute approximate surface area is 109 Å². The van der Waals surface area contributed by atoms with Crippen molar-refractivity contribution in [1.82, 2.24) is 0 Å². The predicted molar refractivity (Wildman–Crippen MR) is 73.5 cm³/mol. The first-order valence-corrected chi connectivity index (χ1v) is 6.37. The summed E-state index contributed by atoms with van der Waals surface area (Å²) in [6.45, 7) is 3.46. The van der Waals surface area contributed by atoms with Gasteiger partial charge >= 0.3 is 0 Å². The highest BCUT2D eigenvalue weighted by Gasteiger charge is 2.11. The number of hydrogen-bond acceptors (Lipinski definition) is 3. The van der Waals surface area contributed by atoms with E-state index >= 15 is 0 Å². The summed E-state index contributed by atoms with van der Waals surface area (Å²) in [4.78, 5) is 24.3. The summed E-state index contributed by atoms with van der Waals surface area (Å²) in [7, 11) is 0. The number of Topliss-reactive ketones (excluding diaryl/α,β-unsaturated/α-hetero) is 1. The molecule has 0 aliphatic heterocycles. The molecule has 3 nitrogen and oxygen atoms in total. The molecule has 0 saturated carbocycles. The maximum Gasteiger partial charge on any atom is 0.265 e. The van der Waals surface area contributed by atoms with Gasteiger partial charge in [0, 0.05) is 5.69 Å². The van der Waals surface area contributed by atoms with E-state index in [2.05, 4.69) is 5.32 Å². The zero-order valence-corrected chi connectivity index (χ0v) is 11.0. The van der Waals surface area contributed by atoms with Crippen molar-refractivity contribution in [3.05, 3.63) is 51.7 Å². The summed E-state index contributed by atoms with van der Waals surface area (Å²) in [6, 6.07) is 10.9. The van der Waals surface area contributed by atoms with Crippen LogP contribution in [-0.2, 0) is 0 Å². The van der Waals surface area contributed by atoms with Gasteiger partial charge in [-0.25, -0.2) is 0 Å². The molecule has 1 N–H and O–H groups in total. The Morgan fingerprint density at radius 1 is 1.11 bits per heavy atom. The number of carbonyl (C=O) groups is 2. The summed E-state index contributed by atoms with van der Waals surface area (Å²) in [5.74, 6) is -0.201. The quantitative estimate of drug-likeness (QED) is 0.857. The molecule has 18 heavy (non-hydrogen) atoms. The van der Waals surface area contributed by atoms with Crippen LogP contribution in [0.25, 0.3) is 0 Å². The number of aryl methyl sites for hydroxylation is 1. The molecule has 0 aliphatic carbocycles. The van der Waals surface area contributed by atoms with Gasteiger partial charge in [-0.15, -0.1) is 11.3 Å². The maximum atomic E-state index is 11.9. The third-order valence-electron chi connectivity index (χ3n) is 2.45. The van der Waals surface area contributed by atoms with Crippen LogP contribution in [0, 0.1) is 6.92 Å². The van der Waals surface area contributed by atoms with Crippen molar-refractivity contribution in [2.45, 2.75) is 13.8 Å². The van der Waals surface area contributed by atoms with Crippen LogP contribution in [0.15, 0.2) is 36.4 Å². The first-order chi connectivity index (χ1) is 8.56. The Hall–Kier alpha value is -1.94. The van der Waals surface area contributed by atoms with Crippen molar-refractivity contribution in [3.63, 3.8) is 0 Å². The molecule has 2 rings (SSSR count). The summed E-state index contributed by atoms with van der Waals surface area (Å²) in [5.41, 5.74) is 1.85. The Bertz CT molecular complexity index is 601. The van der Waals surface area contributed by atoms with E-state index in [1.165, 1.54) is 18.3 Å². The first kappa shape index (κ1) is 12.5. The molecule has 92 valence electrons. The standard InChI is InChI=1S/C14H13NO2S/c1-9-4-3-5-11(8-9)15-14(17)13-7-6-12(18-13)10(2)16/h3-8H,1-2H3,(H,15,17). The lowest BCUT2D eigenvalue weighted by Gasteiger charge is -2.03. The summed E-state index contributed by atoms with van der Waals surface area (Å²) < 4.78 is 0. The van der Waals surface area contributed by atoms with Gasteiger partial charge in [0.15, 0.2) is 5.78 Å². The fourth-order valence-corrected chi connectivity index (χ4v) is 2.36. The number of ketones is 1. The second-order valence-electron chi connectivity index (χ2n) is 4.04. The van der Waals surface area contributed by atoms with Gasteiger partial charge in [-0.05, 0) is 43.7 Å². The number of amides is 1.